The Hall–Kier alpha value is -3.07. The van der Waals surface area contributed by atoms with E-state index in [-0.39, 0.29) is 30.1 Å². The molecule has 4 N–H and O–H groups in total. The third-order valence-electron chi connectivity index (χ3n) is 6.64. The maximum atomic E-state index is 13.3. The van der Waals surface area contributed by atoms with Crippen LogP contribution in [0.2, 0.25) is 0 Å². The van der Waals surface area contributed by atoms with E-state index < -0.39 is 23.1 Å². The number of benzene rings is 1. The number of aromatic amines is 1. The number of amides is 3. The predicted octanol–water partition coefficient (Wildman–Crippen LogP) is 2.48. The molecule has 2 heterocycles. The van der Waals surface area contributed by atoms with E-state index in [0.29, 0.717) is 25.1 Å². The number of para-hydroxylation sites is 1. The Balaban J connectivity index is 1.48. The minimum atomic E-state index is -0.900. The zero-order valence-corrected chi connectivity index (χ0v) is 19.8. The first-order chi connectivity index (χ1) is 16.4. The monoisotopic (exact) mass is 482 g/mol. The molecule has 1 saturated heterocycles. The summed E-state index contributed by atoms with van der Waals surface area (Å²) in [4.78, 5) is 53.5. The highest BCUT2D eigenvalue weighted by Gasteiger charge is 2.33. The van der Waals surface area contributed by atoms with Gasteiger partial charge in [0.2, 0.25) is 16.9 Å². The molecular weight excluding hydrogens is 452 g/mol. The fourth-order valence-electron chi connectivity index (χ4n) is 4.72. The number of thiol groups is 1. The van der Waals surface area contributed by atoms with Crippen LogP contribution in [0, 0.1) is 11.8 Å². The van der Waals surface area contributed by atoms with Crippen LogP contribution in [0.1, 0.15) is 49.0 Å². The Bertz CT molecular complexity index is 1080. The average molecular weight is 483 g/mol. The molecule has 0 radical (unpaired) electrons. The van der Waals surface area contributed by atoms with Crippen molar-refractivity contribution in [2.75, 3.05) is 6.54 Å². The molecule has 180 valence electrons. The van der Waals surface area contributed by atoms with E-state index in [9.17, 15) is 19.2 Å². The van der Waals surface area contributed by atoms with Crippen LogP contribution in [0.15, 0.2) is 42.5 Å². The van der Waals surface area contributed by atoms with Gasteiger partial charge in [0.1, 0.15) is 11.7 Å². The first-order valence-corrected chi connectivity index (χ1v) is 12.2. The number of rotatable bonds is 9. The van der Waals surface area contributed by atoms with Crippen LogP contribution < -0.4 is 16.0 Å². The minimum absolute atomic E-state index is 0.119. The Morgan fingerprint density at radius 2 is 1.88 bits per heavy atom. The smallest absolute Gasteiger partial charge is 0.268 e. The van der Waals surface area contributed by atoms with Gasteiger partial charge in [0, 0.05) is 23.4 Å². The standard InChI is InChI=1S/C25H30N4O4S/c30-22-17(10-11-26-22)14-21(25(33)34)29-23(31)19(12-15-6-2-1-3-7-15)28-24(32)20-13-16-8-4-5-9-18(16)27-20/h1-2,4-5,8-9,13,15,17,19,21,27H,3,6-7,10-12,14H2,(H,26,30)(H,28,32)(H,29,31)(H,33,34)/t15-,17-,19-,21-/m0/s1. The van der Waals surface area contributed by atoms with E-state index in [1.165, 1.54) is 0 Å². The summed E-state index contributed by atoms with van der Waals surface area (Å²) in [5, 5.41) is 8.76. The third-order valence-corrected chi connectivity index (χ3v) is 6.95. The Labute approximate surface area is 203 Å². The van der Waals surface area contributed by atoms with Crippen molar-refractivity contribution in [1.29, 1.82) is 0 Å². The maximum Gasteiger partial charge on any atom is 0.268 e. The van der Waals surface area contributed by atoms with Gasteiger partial charge in [-0.1, -0.05) is 30.4 Å². The number of H-pyrrole nitrogens is 1. The number of fused-ring (bicyclic) bond motifs is 1. The van der Waals surface area contributed by atoms with Crippen LogP contribution in [-0.2, 0) is 14.4 Å². The number of carbonyl (C=O) groups is 4. The number of carbonyl (C=O) groups excluding carboxylic acids is 4. The van der Waals surface area contributed by atoms with Gasteiger partial charge in [-0.15, -0.1) is 12.6 Å². The molecule has 9 heteroatoms. The fraction of sp³-hybridized carbons (Fsp3) is 0.440. The summed E-state index contributed by atoms with van der Waals surface area (Å²) in [6, 6.07) is 7.60. The molecule has 1 aromatic carbocycles. The summed E-state index contributed by atoms with van der Waals surface area (Å²) < 4.78 is 0. The summed E-state index contributed by atoms with van der Waals surface area (Å²) in [5.41, 5.74) is 1.20. The number of hydrogen-bond acceptors (Lipinski definition) is 4. The van der Waals surface area contributed by atoms with E-state index in [1.807, 2.05) is 24.3 Å². The molecule has 0 bridgehead atoms. The van der Waals surface area contributed by atoms with Crippen LogP contribution in [0.3, 0.4) is 0 Å². The van der Waals surface area contributed by atoms with Gasteiger partial charge in [-0.25, -0.2) is 0 Å². The zero-order chi connectivity index (χ0) is 24.1. The molecular formula is C25H30N4O4S. The summed E-state index contributed by atoms with van der Waals surface area (Å²) in [5.74, 6) is -1.04. The molecule has 8 nitrogen and oxygen atoms in total. The van der Waals surface area contributed by atoms with Crippen molar-refractivity contribution in [3.63, 3.8) is 0 Å². The lowest BCUT2D eigenvalue weighted by molar-refractivity contribution is -0.128. The normalized spacial score (nSPS) is 21.6. The molecule has 0 spiro atoms. The van der Waals surface area contributed by atoms with Gasteiger partial charge < -0.3 is 20.9 Å². The predicted molar refractivity (Wildman–Crippen MR) is 132 cm³/mol. The van der Waals surface area contributed by atoms with Crippen LogP contribution in [0.5, 0.6) is 0 Å². The molecule has 0 unspecified atom stereocenters. The van der Waals surface area contributed by atoms with Crippen molar-refractivity contribution < 1.29 is 19.2 Å². The number of allylic oxidation sites excluding steroid dienone is 2. The highest BCUT2D eigenvalue weighted by Crippen LogP contribution is 2.24. The van der Waals surface area contributed by atoms with Crippen molar-refractivity contribution in [2.24, 2.45) is 11.8 Å². The van der Waals surface area contributed by atoms with Crippen LogP contribution in [-0.4, -0.2) is 46.4 Å². The zero-order valence-electron chi connectivity index (χ0n) is 18.9. The second kappa shape index (κ2) is 10.9. The lowest BCUT2D eigenvalue weighted by Crippen LogP contribution is -2.52. The summed E-state index contributed by atoms with van der Waals surface area (Å²) >= 11 is 3.94. The molecule has 34 heavy (non-hydrogen) atoms. The van der Waals surface area contributed by atoms with Gasteiger partial charge in [0.05, 0.1) is 6.04 Å². The second-order valence-corrected chi connectivity index (χ2v) is 9.54. The van der Waals surface area contributed by atoms with Gasteiger partial charge in [0.25, 0.3) is 5.91 Å². The molecule has 3 amide bonds. The lowest BCUT2D eigenvalue weighted by Gasteiger charge is -2.26. The number of hydrogen-bond donors (Lipinski definition) is 5. The Morgan fingerprint density at radius 3 is 2.56 bits per heavy atom. The average Bonchev–Trinajstić information content (AvgIpc) is 3.44. The van der Waals surface area contributed by atoms with Gasteiger partial charge in [0.15, 0.2) is 0 Å². The van der Waals surface area contributed by atoms with E-state index in [1.54, 1.807) is 6.07 Å². The highest BCUT2D eigenvalue weighted by atomic mass is 32.1. The van der Waals surface area contributed by atoms with E-state index in [4.69, 9.17) is 0 Å². The third kappa shape index (κ3) is 5.88. The quantitative estimate of drug-likeness (QED) is 0.279. The van der Waals surface area contributed by atoms with Crippen LogP contribution >= 0.6 is 12.6 Å². The molecule has 0 saturated carbocycles. The first kappa shape index (κ1) is 24.1. The van der Waals surface area contributed by atoms with Crippen molar-refractivity contribution >= 4 is 46.4 Å². The van der Waals surface area contributed by atoms with Crippen molar-refractivity contribution in [3.05, 3.63) is 48.2 Å². The van der Waals surface area contributed by atoms with Crippen molar-refractivity contribution in [3.8, 4) is 0 Å². The Kier molecular flexibility index (Phi) is 7.72. The summed E-state index contributed by atoms with van der Waals surface area (Å²) in [6.07, 6.45) is 8.18. The molecule has 1 aromatic heterocycles. The van der Waals surface area contributed by atoms with E-state index >= 15 is 0 Å². The number of nitrogens with one attached hydrogen (secondary N) is 4. The van der Waals surface area contributed by atoms with E-state index in [2.05, 4.69) is 45.7 Å². The second-order valence-electron chi connectivity index (χ2n) is 9.09. The fourth-order valence-corrected chi connectivity index (χ4v) is 4.89. The minimum Gasteiger partial charge on any atom is -0.356 e. The van der Waals surface area contributed by atoms with Crippen molar-refractivity contribution in [2.45, 2.75) is 50.6 Å². The van der Waals surface area contributed by atoms with Gasteiger partial charge in [-0.3, -0.25) is 19.2 Å². The molecule has 2 aromatic rings. The topological polar surface area (TPSA) is 120 Å². The van der Waals surface area contributed by atoms with E-state index in [0.717, 1.165) is 30.2 Å². The molecule has 1 fully saturated rings. The SMILES string of the molecule is O=C(N[C@@H](C[C@H]1CC=CCC1)C(=O)N[C@@H](C[C@@H]1CCNC1=O)C(=O)S)c1cc2ccccc2[nH]1. The molecule has 4 atom stereocenters. The maximum absolute atomic E-state index is 13.3. The van der Waals surface area contributed by atoms with Gasteiger partial charge >= 0.3 is 0 Å². The molecule has 4 rings (SSSR count). The molecule has 2 aliphatic rings. The first-order valence-electron chi connectivity index (χ1n) is 11.7. The highest BCUT2D eigenvalue weighted by molar-refractivity contribution is 7.96. The summed E-state index contributed by atoms with van der Waals surface area (Å²) in [6.45, 7) is 0.559. The molecule has 1 aliphatic carbocycles. The van der Waals surface area contributed by atoms with Crippen LogP contribution in [0.4, 0.5) is 0 Å². The van der Waals surface area contributed by atoms with Crippen molar-refractivity contribution in [1.82, 2.24) is 20.9 Å². The Morgan fingerprint density at radius 1 is 1.06 bits per heavy atom. The van der Waals surface area contributed by atoms with Gasteiger partial charge in [-0.2, -0.15) is 0 Å². The summed E-state index contributed by atoms with van der Waals surface area (Å²) in [7, 11) is 0. The lowest BCUT2D eigenvalue weighted by atomic mass is 9.88. The number of aromatic nitrogens is 1. The largest absolute Gasteiger partial charge is 0.356 e. The molecule has 1 aliphatic heterocycles. The van der Waals surface area contributed by atoms with Crippen LogP contribution in [0.25, 0.3) is 10.9 Å². The van der Waals surface area contributed by atoms with Gasteiger partial charge in [-0.05, 0) is 56.6 Å².